The number of amides is 1. The minimum absolute atomic E-state index is 0.0248. The fourth-order valence-corrected chi connectivity index (χ4v) is 5.06. The monoisotopic (exact) mass is 491 g/mol. The van der Waals surface area contributed by atoms with E-state index in [-0.39, 0.29) is 18.9 Å². The van der Waals surface area contributed by atoms with Gasteiger partial charge in [0.25, 0.3) is 0 Å². The Kier molecular flexibility index (Phi) is 7.75. The number of amidine groups is 1. The summed E-state index contributed by atoms with van der Waals surface area (Å²) in [6.07, 6.45) is 0.209. The van der Waals surface area contributed by atoms with Gasteiger partial charge in [-0.25, -0.2) is 9.79 Å². The van der Waals surface area contributed by atoms with Crippen LogP contribution in [-0.4, -0.2) is 73.5 Å². The van der Waals surface area contributed by atoms with Gasteiger partial charge in [0.2, 0.25) is 5.91 Å². The summed E-state index contributed by atoms with van der Waals surface area (Å²) >= 11 is 7.58. The van der Waals surface area contributed by atoms with Crippen LogP contribution in [0.5, 0.6) is 0 Å². The first-order valence-electron chi connectivity index (χ1n) is 10.7. The number of thioether (sulfide) groups is 1. The van der Waals surface area contributed by atoms with E-state index in [0.29, 0.717) is 49.2 Å². The lowest BCUT2D eigenvalue weighted by Crippen LogP contribution is -2.42. The third-order valence-electron chi connectivity index (χ3n) is 5.62. The topological polar surface area (TPSA) is 80.7 Å². The molecule has 33 heavy (non-hydrogen) atoms. The molecule has 1 unspecified atom stereocenters. The lowest BCUT2D eigenvalue weighted by Gasteiger charge is -2.37. The number of nitrogens with zero attached hydrogens (tertiary/aromatic N) is 3. The number of allylic oxidation sites excluding steroid dienone is 1. The van der Waals surface area contributed by atoms with Gasteiger partial charge < -0.3 is 24.0 Å². The summed E-state index contributed by atoms with van der Waals surface area (Å²) in [5, 5.41) is 3.26. The van der Waals surface area contributed by atoms with Crippen molar-refractivity contribution in [3.63, 3.8) is 0 Å². The van der Waals surface area contributed by atoms with Crippen molar-refractivity contribution < 1.29 is 23.8 Å². The highest BCUT2D eigenvalue weighted by Crippen LogP contribution is 2.45. The molecule has 0 N–H and O–H groups in total. The molecule has 0 aliphatic carbocycles. The van der Waals surface area contributed by atoms with Crippen LogP contribution in [0.1, 0.15) is 24.9 Å². The summed E-state index contributed by atoms with van der Waals surface area (Å²) in [5.41, 5.74) is 2.68. The molecule has 0 spiro atoms. The minimum atomic E-state index is -0.483. The van der Waals surface area contributed by atoms with Crippen molar-refractivity contribution in [1.82, 2.24) is 9.80 Å². The van der Waals surface area contributed by atoms with E-state index in [1.54, 1.807) is 26.2 Å². The average Bonchev–Trinajstić information content (AvgIpc) is 3.21. The van der Waals surface area contributed by atoms with Crippen LogP contribution in [0.3, 0.4) is 0 Å². The van der Waals surface area contributed by atoms with Crippen LogP contribution in [0, 0.1) is 0 Å². The number of ether oxygens (including phenoxy) is 3. The standard InChI is InChI=1S/C23H26ClN3O5S/c1-15-20(22(29)32-12-11-30-2)21(16-3-5-17(24)6-4-16)27-18(14-33-23(27)25-15)13-19(28)26-7-9-31-10-8-26/h3-6,14,21H,7-13H2,1-2H3. The zero-order chi connectivity index (χ0) is 23.4. The summed E-state index contributed by atoms with van der Waals surface area (Å²) in [5.74, 6) is -0.431. The Morgan fingerprint density at radius 1 is 1.21 bits per heavy atom. The van der Waals surface area contributed by atoms with E-state index in [2.05, 4.69) is 4.99 Å². The highest BCUT2D eigenvalue weighted by Gasteiger charge is 2.41. The number of hydrogen-bond acceptors (Lipinski definition) is 8. The van der Waals surface area contributed by atoms with Crippen molar-refractivity contribution in [3.05, 3.63) is 57.2 Å². The van der Waals surface area contributed by atoms with Crippen molar-refractivity contribution in [2.75, 3.05) is 46.6 Å². The number of esters is 1. The number of fused-ring (bicyclic) bond motifs is 1. The fraction of sp³-hybridized carbons (Fsp3) is 0.435. The van der Waals surface area contributed by atoms with Gasteiger partial charge in [-0.05, 0) is 30.0 Å². The zero-order valence-corrected chi connectivity index (χ0v) is 20.2. The van der Waals surface area contributed by atoms with Gasteiger partial charge in [0.15, 0.2) is 5.17 Å². The van der Waals surface area contributed by atoms with Crippen LogP contribution in [0.25, 0.3) is 0 Å². The van der Waals surface area contributed by atoms with Gasteiger partial charge >= 0.3 is 5.97 Å². The first-order valence-corrected chi connectivity index (χ1v) is 12.0. The van der Waals surface area contributed by atoms with Crippen LogP contribution in [0.4, 0.5) is 0 Å². The van der Waals surface area contributed by atoms with E-state index in [0.717, 1.165) is 16.4 Å². The third-order valence-corrected chi connectivity index (χ3v) is 6.76. The molecule has 3 heterocycles. The zero-order valence-electron chi connectivity index (χ0n) is 18.6. The van der Waals surface area contributed by atoms with Crippen LogP contribution in [0.2, 0.25) is 5.02 Å². The lowest BCUT2D eigenvalue weighted by atomic mass is 9.94. The van der Waals surface area contributed by atoms with Gasteiger partial charge in [-0.1, -0.05) is 35.5 Å². The molecule has 0 bridgehead atoms. The smallest absolute Gasteiger partial charge is 0.338 e. The second-order valence-corrected chi connectivity index (χ2v) is 9.02. The number of hydrogen-bond donors (Lipinski definition) is 0. The van der Waals surface area contributed by atoms with Gasteiger partial charge in [-0.3, -0.25) is 4.79 Å². The summed E-state index contributed by atoms with van der Waals surface area (Å²) in [4.78, 5) is 34.6. The van der Waals surface area contributed by atoms with Gasteiger partial charge in [-0.2, -0.15) is 0 Å². The normalized spacial score (nSPS) is 20.4. The van der Waals surface area contributed by atoms with E-state index in [9.17, 15) is 9.59 Å². The summed E-state index contributed by atoms with van der Waals surface area (Å²) in [7, 11) is 1.55. The molecule has 4 rings (SSSR count). The Balaban J connectivity index is 1.65. The van der Waals surface area contributed by atoms with Crippen LogP contribution < -0.4 is 0 Å². The predicted octanol–water partition coefficient (Wildman–Crippen LogP) is 3.35. The van der Waals surface area contributed by atoms with Gasteiger partial charge in [0.1, 0.15) is 6.61 Å². The number of methoxy groups -OCH3 is 1. The summed E-state index contributed by atoms with van der Waals surface area (Å²) < 4.78 is 15.8. The van der Waals surface area contributed by atoms with Crippen LogP contribution >= 0.6 is 23.4 Å². The molecule has 10 heteroatoms. The highest BCUT2D eigenvalue weighted by atomic mass is 35.5. The molecule has 176 valence electrons. The van der Waals surface area contributed by atoms with Crippen molar-refractivity contribution in [3.8, 4) is 0 Å². The number of halogens is 1. The largest absolute Gasteiger partial charge is 0.460 e. The minimum Gasteiger partial charge on any atom is -0.460 e. The molecule has 1 saturated heterocycles. The molecule has 0 saturated carbocycles. The quantitative estimate of drug-likeness (QED) is 0.427. The van der Waals surface area contributed by atoms with Gasteiger partial charge in [0, 0.05) is 30.9 Å². The first kappa shape index (κ1) is 23.8. The molecule has 0 aromatic heterocycles. The van der Waals surface area contributed by atoms with Gasteiger partial charge in [0.05, 0.1) is 43.6 Å². The van der Waals surface area contributed by atoms with Crippen LogP contribution in [-0.2, 0) is 23.8 Å². The molecule has 0 radical (unpaired) electrons. The maximum Gasteiger partial charge on any atom is 0.338 e. The molecular formula is C23H26ClN3O5S. The Bertz CT molecular complexity index is 1000. The fourth-order valence-electron chi connectivity index (χ4n) is 3.97. The SMILES string of the molecule is COCCOC(=O)C1=C(C)N=C2SC=C(CC(=O)N3CCOCC3)N2C1c1ccc(Cl)cc1. The maximum atomic E-state index is 13.1. The Morgan fingerprint density at radius 2 is 1.94 bits per heavy atom. The average molecular weight is 492 g/mol. The molecular weight excluding hydrogens is 466 g/mol. The van der Waals surface area contributed by atoms with E-state index >= 15 is 0 Å². The van der Waals surface area contributed by atoms with Crippen LogP contribution in [0.15, 0.2) is 51.6 Å². The number of rotatable bonds is 7. The number of benzene rings is 1. The molecule has 3 aliphatic rings. The van der Waals surface area contributed by atoms with E-state index in [4.69, 9.17) is 25.8 Å². The van der Waals surface area contributed by atoms with E-state index in [1.165, 1.54) is 11.8 Å². The molecule has 1 amide bonds. The molecule has 8 nitrogen and oxygen atoms in total. The molecule has 1 fully saturated rings. The number of morpholine rings is 1. The van der Waals surface area contributed by atoms with Crippen molar-refractivity contribution in [2.45, 2.75) is 19.4 Å². The highest BCUT2D eigenvalue weighted by molar-refractivity contribution is 8.16. The summed E-state index contributed by atoms with van der Waals surface area (Å²) in [6.45, 7) is 4.50. The number of carbonyl (C=O) groups excluding carboxylic acids is 2. The lowest BCUT2D eigenvalue weighted by molar-refractivity contribution is -0.141. The van der Waals surface area contributed by atoms with E-state index in [1.807, 2.05) is 27.3 Å². The third kappa shape index (κ3) is 5.27. The molecule has 1 atom stereocenters. The Morgan fingerprint density at radius 3 is 2.64 bits per heavy atom. The summed E-state index contributed by atoms with van der Waals surface area (Å²) in [6, 6.07) is 6.86. The predicted molar refractivity (Wildman–Crippen MR) is 127 cm³/mol. The Labute approximate surface area is 202 Å². The van der Waals surface area contributed by atoms with E-state index < -0.39 is 12.0 Å². The Hall–Kier alpha value is -2.33. The van der Waals surface area contributed by atoms with Crippen molar-refractivity contribution >= 4 is 40.4 Å². The van der Waals surface area contributed by atoms with Crippen molar-refractivity contribution in [2.24, 2.45) is 4.99 Å². The number of carbonyl (C=O) groups is 2. The molecule has 1 aromatic carbocycles. The second-order valence-electron chi connectivity index (χ2n) is 7.74. The molecule has 3 aliphatic heterocycles. The second kappa shape index (κ2) is 10.7. The first-order chi connectivity index (χ1) is 16.0. The van der Waals surface area contributed by atoms with Crippen molar-refractivity contribution in [1.29, 1.82) is 0 Å². The van der Waals surface area contributed by atoms with Gasteiger partial charge in [-0.15, -0.1) is 0 Å². The maximum absolute atomic E-state index is 13.1. The number of aliphatic imine (C=N–C) groups is 1. The molecule has 1 aromatic rings.